The molecule has 0 aliphatic carbocycles. The van der Waals surface area contributed by atoms with Crippen LogP contribution in [0.4, 0.5) is 0 Å². The fraction of sp³-hybridized carbons (Fsp3) is 0.800. The SMILES string of the molecule is C[N+](C)(C)CC(=O)N[O-]. The summed E-state index contributed by atoms with van der Waals surface area (Å²) in [7, 11) is 5.53. The van der Waals surface area contributed by atoms with Crippen molar-refractivity contribution in [2.45, 2.75) is 0 Å². The van der Waals surface area contributed by atoms with Gasteiger partial charge in [-0.3, -0.25) is 4.79 Å². The van der Waals surface area contributed by atoms with Gasteiger partial charge in [0, 0.05) is 0 Å². The number of hydrogen-bond donors (Lipinski definition) is 1. The highest BCUT2D eigenvalue weighted by molar-refractivity contribution is 5.77. The van der Waals surface area contributed by atoms with Gasteiger partial charge in [-0.2, -0.15) is 0 Å². The summed E-state index contributed by atoms with van der Waals surface area (Å²) >= 11 is 0. The summed E-state index contributed by atoms with van der Waals surface area (Å²) in [5.41, 5.74) is 1.32. The Bertz CT molecular complexity index is 106. The number of nitrogens with zero attached hydrogens (tertiary/aromatic N) is 1. The lowest BCUT2D eigenvalue weighted by atomic mass is 10.5. The van der Waals surface area contributed by atoms with Crippen molar-refractivity contribution in [2.75, 3.05) is 27.7 Å². The Kier molecular flexibility index (Phi) is 2.61. The second kappa shape index (κ2) is 2.80. The van der Waals surface area contributed by atoms with Crippen LogP contribution >= 0.6 is 0 Å². The predicted octanol–water partition coefficient (Wildman–Crippen LogP) is -0.693. The number of rotatable bonds is 2. The van der Waals surface area contributed by atoms with Crippen molar-refractivity contribution in [3.8, 4) is 0 Å². The molecule has 4 heteroatoms. The number of hydroxylamine groups is 1. The summed E-state index contributed by atoms with van der Waals surface area (Å²) in [6, 6.07) is 0. The first-order valence-corrected chi connectivity index (χ1v) is 2.67. The first-order chi connectivity index (χ1) is 3.95. The molecule has 0 bridgehead atoms. The zero-order valence-electron chi connectivity index (χ0n) is 5.97. The molecular weight excluding hydrogens is 120 g/mol. The monoisotopic (exact) mass is 132 g/mol. The quantitative estimate of drug-likeness (QED) is 0.399. The molecule has 0 atom stereocenters. The smallest absolute Gasteiger partial charge is 0.264 e. The normalized spacial score (nSPS) is 11.1. The molecule has 0 saturated heterocycles. The van der Waals surface area contributed by atoms with Crippen LogP contribution in [0.25, 0.3) is 0 Å². The van der Waals surface area contributed by atoms with Crippen molar-refractivity contribution < 1.29 is 9.28 Å². The van der Waals surface area contributed by atoms with Gasteiger partial charge in [0.2, 0.25) is 0 Å². The molecule has 0 radical (unpaired) electrons. The molecule has 0 aromatic carbocycles. The summed E-state index contributed by atoms with van der Waals surface area (Å²) in [5.74, 6) is -0.470. The zero-order chi connectivity index (χ0) is 7.49. The van der Waals surface area contributed by atoms with Crippen LogP contribution in [-0.2, 0) is 4.79 Å². The van der Waals surface area contributed by atoms with Crippen molar-refractivity contribution >= 4 is 5.91 Å². The van der Waals surface area contributed by atoms with E-state index in [-0.39, 0.29) is 6.54 Å². The summed E-state index contributed by atoms with van der Waals surface area (Å²) in [4.78, 5) is 10.4. The lowest BCUT2D eigenvalue weighted by molar-refractivity contribution is -0.862. The van der Waals surface area contributed by atoms with Gasteiger partial charge >= 0.3 is 0 Å². The number of carbonyl (C=O) groups is 1. The van der Waals surface area contributed by atoms with Crippen molar-refractivity contribution in [3.63, 3.8) is 0 Å². The number of quaternary nitrogens is 1. The number of carbonyl (C=O) groups excluding carboxylic acids is 1. The van der Waals surface area contributed by atoms with Crippen molar-refractivity contribution in [3.05, 3.63) is 5.21 Å². The number of amides is 1. The largest absolute Gasteiger partial charge is 0.759 e. The van der Waals surface area contributed by atoms with Crippen LogP contribution in [0.1, 0.15) is 0 Å². The third-order valence-electron chi connectivity index (χ3n) is 0.732. The van der Waals surface area contributed by atoms with Crippen molar-refractivity contribution in [1.29, 1.82) is 0 Å². The van der Waals surface area contributed by atoms with Gasteiger partial charge in [-0.25, -0.2) is 0 Å². The third kappa shape index (κ3) is 5.26. The van der Waals surface area contributed by atoms with E-state index in [1.807, 2.05) is 21.1 Å². The second-order valence-electron chi connectivity index (χ2n) is 2.97. The van der Waals surface area contributed by atoms with Crippen LogP contribution in [0, 0.1) is 5.21 Å². The lowest BCUT2D eigenvalue weighted by Crippen LogP contribution is -2.42. The van der Waals surface area contributed by atoms with Crippen LogP contribution in [0.15, 0.2) is 0 Å². The number of likely N-dealkylation sites (N-methyl/N-ethyl adjacent to an activating group) is 1. The molecule has 9 heavy (non-hydrogen) atoms. The predicted molar refractivity (Wildman–Crippen MR) is 34.4 cm³/mol. The van der Waals surface area contributed by atoms with Crippen LogP contribution in [-0.4, -0.2) is 38.1 Å². The molecule has 0 spiro atoms. The van der Waals surface area contributed by atoms with Gasteiger partial charge in [0.15, 0.2) is 6.54 Å². The summed E-state index contributed by atoms with van der Waals surface area (Å²) in [5, 5.41) is 9.70. The first kappa shape index (κ1) is 8.39. The van der Waals surface area contributed by atoms with E-state index >= 15 is 0 Å². The Morgan fingerprint density at radius 3 is 2.11 bits per heavy atom. The first-order valence-electron chi connectivity index (χ1n) is 2.67. The highest BCUT2D eigenvalue weighted by Gasteiger charge is 2.10. The minimum atomic E-state index is -0.470. The van der Waals surface area contributed by atoms with E-state index in [4.69, 9.17) is 0 Å². The van der Waals surface area contributed by atoms with Gasteiger partial charge in [-0.15, -0.1) is 0 Å². The zero-order valence-corrected chi connectivity index (χ0v) is 5.97. The van der Waals surface area contributed by atoms with Gasteiger partial charge < -0.3 is 15.2 Å². The minimum absolute atomic E-state index is 0.226. The van der Waals surface area contributed by atoms with E-state index in [0.29, 0.717) is 4.48 Å². The molecule has 0 aliphatic heterocycles. The Morgan fingerprint density at radius 1 is 1.56 bits per heavy atom. The molecule has 0 unspecified atom stereocenters. The summed E-state index contributed by atoms with van der Waals surface area (Å²) < 4.78 is 0.480. The van der Waals surface area contributed by atoms with Gasteiger partial charge in [0.05, 0.1) is 21.1 Å². The van der Waals surface area contributed by atoms with Crippen LogP contribution in [0.2, 0.25) is 0 Å². The van der Waals surface area contributed by atoms with E-state index in [0.717, 1.165) is 0 Å². The maximum Gasteiger partial charge on any atom is 0.264 e. The maximum atomic E-state index is 10.4. The number of hydrogen-bond acceptors (Lipinski definition) is 2. The van der Waals surface area contributed by atoms with Gasteiger partial charge in [0.1, 0.15) is 0 Å². The fourth-order valence-electron chi connectivity index (χ4n) is 0.463. The average Bonchev–Trinajstić information content (AvgIpc) is 1.62. The van der Waals surface area contributed by atoms with E-state index < -0.39 is 5.91 Å². The lowest BCUT2D eigenvalue weighted by Gasteiger charge is -2.23. The molecule has 0 rings (SSSR count). The summed E-state index contributed by atoms with van der Waals surface area (Å²) in [6.45, 7) is 0.226. The topological polar surface area (TPSA) is 52.2 Å². The molecule has 0 aromatic rings. The molecule has 4 nitrogen and oxygen atoms in total. The summed E-state index contributed by atoms with van der Waals surface area (Å²) in [6.07, 6.45) is 0. The van der Waals surface area contributed by atoms with E-state index in [1.54, 1.807) is 0 Å². The van der Waals surface area contributed by atoms with E-state index in [9.17, 15) is 10.0 Å². The Morgan fingerprint density at radius 2 is 2.00 bits per heavy atom. The molecule has 1 N–H and O–H groups in total. The van der Waals surface area contributed by atoms with E-state index in [1.165, 1.54) is 5.48 Å². The van der Waals surface area contributed by atoms with Crippen molar-refractivity contribution in [1.82, 2.24) is 5.48 Å². The highest BCUT2D eigenvalue weighted by Crippen LogP contribution is 1.86. The molecular formula is C5H12N2O2. The fourth-order valence-corrected chi connectivity index (χ4v) is 0.463. The van der Waals surface area contributed by atoms with Crippen LogP contribution < -0.4 is 5.48 Å². The molecule has 0 heterocycles. The molecule has 0 fully saturated rings. The maximum absolute atomic E-state index is 10.4. The second-order valence-corrected chi connectivity index (χ2v) is 2.97. The molecule has 0 aliphatic rings. The van der Waals surface area contributed by atoms with Crippen LogP contribution in [0.5, 0.6) is 0 Å². The molecule has 0 saturated carbocycles. The molecule has 54 valence electrons. The molecule has 1 amide bonds. The van der Waals surface area contributed by atoms with Crippen LogP contribution in [0.3, 0.4) is 0 Å². The Hall–Kier alpha value is -0.610. The highest BCUT2D eigenvalue weighted by atomic mass is 16.5. The Balaban J connectivity index is 3.60. The van der Waals surface area contributed by atoms with Gasteiger partial charge in [0.25, 0.3) is 5.91 Å². The number of nitrogens with one attached hydrogen (secondary N) is 1. The van der Waals surface area contributed by atoms with Gasteiger partial charge in [-0.1, -0.05) is 0 Å². The molecule has 0 aromatic heterocycles. The minimum Gasteiger partial charge on any atom is -0.759 e. The Labute approximate surface area is 54.6 Å². The van der Waals surface area contributed by atoms with Gasteiger partial charge in [-0.05, 0) is 0 Å². The van der Waals surface area contributed by atoms with Crippen molar-refractivity contribution in [2.24, 2.45) is 0 Å². The van der Waals surface area contributed by atoms with E-state index in [2.05, 4.69) is 0 Å². The average molecular weight is 132 g/mol. The third-order valence-corrected chi connectivity index (χ3v) is 0.732. The standard InChI is InChI=1S/C5H12N2O2/c1-7(2,3)4-5(8)6-9/h4H2,1-3H3,(H-,6,8,9).